The van der Waals surface area contributed by atoms with Gasteiger partial charge in [-0.3, -0.25) is 14.6 Å². The van der Waals surface area contributed by atoms with Crippen LogP contribution in [-0.4, -0.2) is 58.6 Å². The van der Waals surface area contributed by atoms with Crippen LogP contribution >= 0.6 is 11.6 Å². The molecule has 2 aliphatic heterocycles. The Morgan fingerprint density at radius 1 is 1.10 bits per heavy atom. The molecule has 0 radical (unpaired) electrons. The Labute approximate surface area is 177 Å². The second-order valence-electron chi connectivity index (χ2n) is 8.17. The summed E-state index contributed by atoms with van der Waals surface area (Å²) in [5, 5.41) is 14.6. The van der Waals surface area contributed by atoms with Gasteiger partial charge in [-0.25, -0.2) is 0 Å². The minimum absolute atomic E-state index is 0.0666. The van der Waals surface area contributed by atoms with Gasteiger partial charge in [-0.05, 0) is 55.6 Å². The molecule has 0 saturated carbocycles. The molecule has 6 heteroatoms. The first kappa shape index (κ1) is 20.4. The molecule has 2 aliphatic rings. The van der Waals surface area contributed by atoms with Crippen molar-refractivity contribution in [1.82, 2.24) is 9.80 Å². The number of β-amino-alcohol motifs (C(OH)–C–C–N with tert-alkyl or cyclic N) is 1. The highest BCUT2D eigenvalue weighted by molar-refractivity contribution is 6.30. The van der Waals surface area contributed by atoms with Crippen molar-refractivity contribution in [2.24, 2.45) is 0 Å². The predicted molar refractivity (Wildman–Crippen MR) is 116 cm³/mol. The lowest BCUT2D eigenvalue weighted by atomic mass is 9.82. The third-order valence-corrected chi connectivity index (χ3v) is 6.54. The molecule has 2 heterocycles. The maximum atomic E-state index is 12.4. The van der Waals surface area contributed by atoms with Crippen molar-refractivity contribution in [3.05, 3.63) is 65.2 Å². The Hall–Kier alpha value is -1.92. The van der Waals surface area contributed by atoms with Gasteiger partial charge in [0.1, 0.15) is 0 Å². The van der Waals surface area contributed by atoms with E-state index in [1.807, 2.05) is 6.07 Å². The van der Waals surface area contributed by atoms with Gasteiger partial charge in [-0.2, -0.15) is 0 Å². The van der Waals surface area contributed by atoms with Crippen LogP contribution in [0.4, 0.5) is 5.69 Å². The summed E-state index contributed by atoms with van der Waals surface area (Å²) in [5.74, 6) is -0.0666. The molecule has 2 atom stereocenters. The third kappa shape index (κ3) is 4.64. The van der Waals surface area contributed by atoms with Crippen LogP contribution in [0.25, 0.3) is 0 Å². The van der Waals surface area contributed by atoms with Gasteiger partial charge in [-0.15, -0.1) is 0 Å². The highest BCUT2D eigenvalue weighted by Crippen LogP contribution is 2.39. The molecule has 1 amide bonds. The molecule has 29 heavy (non-hydrogen) atoms. The molecule has 2 fully saturated rings. The zero-order chi connectivity index (χ0) is 20.3. The Morgan fingerprint density at radius 3 is 2.59 bits per heavy atom. The third-order valence-electron chi connectivity index (χ3n) is 6.29. The molecule has 2 N–H and O–H groups in total. The van der Waals surface area contributed by atoms with Crippen molar-refractivity contribution in [2.45, 2.75) is 37.5 Å². The highest BCUT2D eigenvalue weighted by atomic mass is 35.5. The van der Waals surface area contributed by atoms with Crippen molar-refractivity contribution in [3.63, 3.8) is 0 Å². The lowest BCUT2D eigenvalue weighted by molar-refractivity contribution is -0.120. The quantitative estimate of drug-likeness (QED) is 0.789. The van der Waals surface area contributed by atoms with Crippen molar-refractivity contribution < 1.29 is 9.90 Å². The number of carbonyl (C=O) groups excluding carboxylic acids is 1. The van der Waals surface area contributed by atoms with Gasteiger partial charge >= 0.3 is 0 Å². The SMILES string of the molecule is O=C(CN1CC[C@@]2(CCCN2Cc2ccccc2)[C@@H](O)C1)Nc1ccc(Cl)cc1. The van der Waals surface area contributed by atoms with E-state index in [1.165, 1.54) is 5.56 Å². The van der Waals surface area contributed by atoms with E-state index < -0.39 is 6.10 Å². The summed E-state index contributed by atoms with van der Waals surface area (Å²) in [6, 6.07) is 17.6. The maximum Gasteiger partial charge on any atom is 0.238 e. The number of aliphatic hydroxyl groups is 1. The van der Waals surface area contributed by atoms with Crippen molar-refractivity contribution in [2.75, 3.05) is 31.5 Å². The Morgan fingerprint density at radius 2 is 1.86 bits per heavy atom. The molecular formula is C23H28ClN3O2. The minimum Gasteiger partial charge on any atom is -0.390 e. The molecule has 0 aliphatic carbocycles. The van der Waals surface area contributed by atoms with Crippen LogP contribution in [0.3, 0.4) is 0 Å². The van der Waals surface area contributed by atoms with Crippen LogP contribution in [0.1, 0.15) is 24.8 Å². The van der Waals surface area contributed by atoms with Gasteiger partial charge in [0, 0.05) is 35.9 Å². The van der Waals surface area contributed by atoms with Crippen LogP contribution in [0.2, 0.25) is 5.02 Å². The van der Waals surface area contributed by atoms with E-state index in [2.05, 4.69) is 39.4 Å². The summed E-state index contributed by atoms with van der Waals surface area (Å²) >= 11 is 5.89. The standard InChI is InChI=1S/C23H28ClN3O2/c24-19-7-9-20(10-8-19)25-22(29)17-26-14-12-23(21(28)16-26)11-4-13-27(23)15-18-5-2-1-3-6-18/h1-3,5-10,21,28H,4,11-17H2,(H,25,29)/t21-,23-/m0/s1. The van der Waals surface area contributed by atoms with Gasteiger partial charge in [-0.1, -0.05) is 41.9 Å². The van der Waals surface area contributed by atoms with E-state index >= 15 is 0 Å². The monoisotopic (exact) mass is 413 g/mol. The number of hydrogen-bond acceptors (Lipinski definition) is 4. The van der Waals surface area contributed by atoms with E-state index in [0.29, 0.717) is 11.6 Å². The molecule has 5 nitrogen and oxygen atoms in total. The van der Waals surface area contributed by atoms with E-state index in [-0.39, 0.29) is 18.0 Å². The highest BCUT2D eigenvalue weighted by Gasteiger charge is 2.49. The first-order valence-corrected chi connectivity index (χ1v) is 10.7. The summed E-state index contributed by atoms with van der Waals surface area (Å²) < 4.78 is 0. The average Bonchev–Trinajstić information content (AvgIpc) is 3.11. The molecule has 2 aromatic rings. The molecule has 0 unspecified atom stereocenters. The van der Waals surface area contributed by atoms with E-state index in [9.17, 15) is 9.90 Å². The second kappa shape index (κ2) is 8.84. The summed E-state index contributed by atoms with van der Waals surface area (Å²) in [6.45, 7) is 3.52. The number of halogens is 1. The van der Waals surface area contributed by atoms with Gasteiger partial charge in [0.2, 0.25) is 5.91 Å². The summed E-state index contributed by atoms with van der Waals surface area (Å²) in [6.07, 6.45) is 2.56. The number of piperidine rings is 1. The largest absolute Gasteiger partial charge is 0.390 e. The van der Waals surface area contributed by atoms with Crippen LogP contribution in [0, 0.1) is 0 Å². The van der Waals surface area contributed by atoms with E-state index in [4.69, 9.17) is 11.6 Å². The molecular weight excluding hydrogens is 386 g/mol. The molecule has 0 bridgehead atoms. The number of aliphatic hydroxyl groups excluding tert-OH is 1. The minimum atomic E-state index is -0.453. The fraction of sp³-hybridized carbons (Fsp3) is 0.435. The fourth-order valence-corrected chi connectivity index (χ4v) is 4.89. The number of likely N-dealkylation sites (tertiary alicyclic amines) is 2. The van der Waals surface area contributed by atoms with Crippen molar-refractivity contribution >= 4 is 23.2 Å². The second-order valence-corrected chi connectivity index (χ2v) is 8.61. The van der Waals surface area contributed by atoms with Gasteiger partial charge in [0.15, 0.2) is 0 Å². The lowest BCUT2D eigenvalue weighted by Crippen LogP contribution is -2.61. The summed E-state index contributed by atoms with van der Waals surface area (Å²) in [7, 11) is 0. The lowest BCUT2D eigenvalue weighted by Gasteiger charge is -2.48. The van der Waals surface area contributed by atoms with E-state index in [1.54, 1.807) is 24.3 Å². The van der Waals surface area contributed by atoms with Crippen LogP contribution < -0.4 is 5.32 Å². The van der Waals surface area contributed by atoms with Gasteiger partial charge in [0.05, 0.1) is 12.6 Å². The molecule has 154 valence electrons. The summed E-state index contributed by atoms with van der Waals surface area (Å²) in [4.78, 5) is 16.9. The van der Waals surface area contributed by atoms with Crippen LogP contribution in [0.15, 0.2) is 54.6 Å². The van der Waals surface area contributed by atoms with Gasteiger partial charge < -0.3 is 10.4 Å². The number of benzene rings is 2. The topological polar surface area (TPSA) is 55.8 Å². The average molecular weight is 414 g/mol. The normalized spacial score (nSPS) is 25.4. The van der Waals surface area contributed by atoms with Crippen molar-refractivity contribution in [3.8, 4) is 0 Å². The molecule has 4 rings (SSSR count). The molecule has 2 aromatic carbocycles. The number of hydrogen-bond donors (Lipinski definition) is 2. The molecule has 2 saturated heterocycles. The number of nitrogens with one attached hydrogen (secondary N) is 1. The van der Waals surface area contributed by atoms with Crippen LogP contribution in [0.5, 0.6) is 0 Å². The maximum absolute atomic E-state index is 12.4. The van der Waals surface area contributed by atoms with Gasteiger partial charge in [0.25, 0.3) is 0 Å². The number of rotatable bonds is 5. The fourth-order valence-electron chi connectivity index (χ4n) is 4.76. The molecule has 0 aromatic heterocycles. The summed E-state index contributed by atoms with van der Waals surface area (Å²) in [5.41, 5.74) is 1.85. The first-order chi connectivity index (χ1) is 14.0. The van der Waals surface area contributed by atoms with E-state index in [0.717, 1.165) is 44.6 Å². The van der Waals surface area contributed by atoms with Crippen LogP contribution in [-0.2, 0) is 11.3 Å². The number of anilines is 1. The number of carbonyl (C=O) groups is 1. The Kier molecular flexibility index (Phi) is 6.20. The van der Waals surface area contributed by atoms with Crippen molar-refractivity contribution in [1.29, 1.82) is 0 Å². The zero-order valence-corrected chi connectivity index (χ0v) is 17.3. The smallest absolute Gasteiger partial charge is 0.238 e. The first-order valence-electron chi connectivity index (χ1n) is 10.3. The molecule has 1 spiro atoms. The number of nitrogens with zero attached hydrogens (tertiary/aromatic N) is 2. The number of amides is 1. The zero-order valence-electron chi connectivity index (χ0n) is 16.6. The Bertz CT molecular complexity index is 830. The predicted octanol–water partition coefficient (Wildman–Crippen LogP) is 3.38. The Balaban J connectivity index is 1.34.